The molecular weight excluding hydrogens is 220 g/mol. The molecule has 1 aromatic heterocycles. The highest BCUT2D eigenvalue weighted by atomic mass is 14.9. The third-order valence-electron chi connectivity index (χ3n) is 4.50. The molecule has 2 nitrogen and oxygen atoms in total. The molecule has 18 heavy (non-hydrogen) atoms. The van der Waals surface area contributed by atoms with Crippen molar-refractivity contribution in [2.24, 2.45) is 11.8 Å². The van der Waals surface area contributed by atoms with Crippen LogP contribution in [0.2, 0.25) is 0 Å². The van der Waals surface area contributed by atoms with E-state index in [1.54, 1.807) is 0 Å². The lowest BCUT2D eigenvalue weighted by Gasteiger charge is -2.34. The molecule has 3 atom stereocenters. The van der Waals surface area contributed by atoms with Crippen LogP contribution >= 0.6 is 0 Å². The maximum absolute atomic E-state index is 4.46. The Hall–Kier alpha value is -0.890. The number of aromatic nitrogens is 1. The minimum atomic E-state index is 0.592. The van der Waals surface area contributed by atoms with Crippen LogP contribution in [0.1, 0.15) is 44.7 Å². The van der Waals surface area contributed by atoms with Gasteiger partial charge in [-0.2, -0.15) is 0 Å². The summed E-state index contributed by atoms with van der Waals surface area (Å²) in [6, 6.07) is 6.81. The van der Waals surface area contributed by atoms with Crippen molar-refractivity contribution in [2.75, 3.05) is 7.05 Å². The lowest BCUT2D eigenvalue weighted by atomic mass is 9.76. The Bertz CT molecular complexity index is 336. The van der Waals surface area contributed by atoms with E-state index in [9.17, 15) is 0 Å². The second kappa shape index (κ2) is 6.89. The minimum Gasteiger partial charge on any atom is -0.316 e. The van der Waals surface area contributed by atoms with Crippen LogP contribution in [0, 0.1) is 11.8 Å². The van der Waals surface area contributed by atoms with Gasteiger partial charge in [-0.25, -0.2) is 0 Å². The van der Waals surface area contributed by atoms with Crippen molar-refractivity contribution in [1.29, 1.82) is 0 Å². The van der Waals surface area contributed by atoms with Gasteiger partial charge in [0.05, 0.1) is 0 Å². The number of likely N-dealkylation sites (N-methyl/N-ethyl adjacent to an activating group) is 1. The summed E-state index contributed by atoms with van der Waals surface area (Å²) in [6.07, 6.45) is 9.94. The van der Waals surface area contributed by atoms with Gasteiger partial charge < -0.3 is 5.32 Å². The number of pyridine rings is 1. The van der Waals surface area contributed by atoms with Crippen LogP contribution in [-0.2, 0) is 6.42 Å². The second-order valence-electron chi connectivity index (χ2n) is 5.62. The molecule has 0 amide bonds. The Morgan fingerprint density at radius 1 is 1.39 bits per heavy atom. The lowest BCUT2D eigenvalue weighted by Crippen LogP contribution is -2.38. The third-order valence-corrected chi connectivity index (χ3v) is 4.50. The van der Waals surface area contributed by atoms with E-state index in [0.717, 1.165) is 18.3 Å². The fourth-order valence-corrected chi connectivity index (χ4v) is 3.32. The van der Waals surface area contributed by atoms with Gasteiger partial charge in [-0.05, 0) is 43.9 Å². The van der Waals surface area contributed by atoms with Gasteiger partial charge in [0.2, 0.25) is 0 Å². The molecule has 1 aromatic rings. The van der Waals surface area contributed by atoms with Crippen LogP contribution in [0.3, 0.4) is 0 Å². The maximum atomic E-state index is 4.46. The number of hydrogen-bond donors (Lipinski definition) is 1. The Balaban J connectivity index is 1.95. The molecule has 0 spiro atoms. The van der Waals surface area contributed by atoms with Gasteiger partial charge in [-0.15, -0.1) is 0 Å². The molecule has 1 aliphatic carbocycles. The molecule has 100 valence electrons. The number of nitrogens with zero attached hydrogens (tertiary/aromatic N) is 1. The summed E-state index contributed by atoms with van der Waals surface area (Å²) in [6.45, 7) is 2.33. The van der Waals surface area contributed by atoms with Gasteiger partial charge in [0.15, 0.2) is 0 Å². The molecule has 0 aromatic carbocycles. The quantitative estimate of drug-likeness (QED) is 0.861. The van der Waals surface area contributed by atoms with Gasteiger partial charge >= 0.3 is 0 Å². The average Bonchev–Trinajstić information content (AvgIpc) is 2.46. The van der Waals surface area contributed by atoms with Crippen molar-refractivity contribution in [3.05, 3.63) is 30.1 Å². The highest BCUT2D eigenvalue weighted by molar-refractivity contribution is 5.06. The van der Waals surface area contributed by atoms with Crippen molar-refractivity contribution < 1.29 is 0 Å². The van der Waals surface area contributed by atoms with Crippen LogP contribution in [0.4, 0.5) is 0 Å². The topological polar surface area (TPSA) is 24.9 Å². The van der Waals surface area contributed by atoms with E-state index in [1.165, 1.54) is 37.8 Å². The first-order chi connectivity index (χ1) is 8.83. The molecule has 0 bridgehead atoms. The van der Waals surface area contributed by atoms with Crippen molar-refractivity contribution >= 4 is 0 Å². The summed E-state index contributed by atoms with van der Waals surface area (Å²) >= 11 is 0. The summed E-state index contributed by atoms with van der Waals surface area (Å²) in [5, 5.41) is 3.52. The predicted molar refractivity (Wildman–Crippen MR) is 76.5 cm³/mol. The molecular formula is C16H26N2. The number of rotatable bonds is 5. The first kappa shape index (κ1) is 13.5. The monoisotopic (exact) mass is 246 g/mol. The van der Waals surface area contributed by atoms with Crippen molar-refractivity contribution in [1.82, 2.24) is 10.3 Å². The third kappa shape index (κ3) is 3.55. The Morgan fingerprint density at radius 3 is 2.94 bits per heavy atom. The van der Waals surface area contributed by atoms with E-state index < -0.39 is 0 Å². The van der Waals surface area contributed by atoms with E-state index in [2.05, 4.69) is 36.4 Å². The van der Waals surface area contributed by atoms with Gasteiger partial charge in [-0.1, -0.05) is 32.3 Å². The molecule has 0 aliphatic heterocycles. The molecule has 3 unspecified atom stereocenters. The molecule has 2 rings (SSSR count). The van der Waals surface area contributed by atoms with Crippen LogP contribution in [-0.4, -0.2) is 18.1 Å². The van der Waals surface area contributed by atoms with E-state index in [-0.39, 0.29) is 0 Å². The van der Waals surface area contributed by atoms with Gasteiger partial charge in [0.25, 0.3) is 0 Å². The van der Waals surface area contributed by atoms with Crippen LogP contribution in [0.25, 0.3) is 0 Å². The second-order valence-corrected chi connectivity index (χ2v) is 5.62. The summed E-state index contributed by atoms with van der Waals surface area (Å²) in [4.78, 5) is 4.46. The predicted octanol–water partition coefficient (Wildman–Crippen LogP) is 3.43. The normalized spacial score (nSPS) is 25.9. The summed E-state index contributed by atoms with van der Waals surface area (Å²) in [5.41, 5.74) is 1.22. The highest BCUT2D eigenvalue weighted by Crippen LogP contribution is 2.33. The van der Waals surface area contributed by atoms with Gasteiger partial charge in [-0.3, -0.25) is 4.98 Å². The smallest absolute Gasteiger partial charge is 0.0419 e. The molecule has 1 heterocycles. The van der Waals surface area contributed by atoms with E-state index in [0.29, 0.717) is 6.04 Å². The maximum Gasteiger partial charge on any atom is 0.0419 e. The van der Waals surface area contributed by atoms with Gasteiger partial charge in [0, 0.05) is 24.4 Å². The standard InChI is InChI=1S/C16H26N2/c1-3-13-7-6-8-14(11-13)16(17-2)12-15-9-4-5-10-18-15/h4-5,9-10,13-14,16-17H,3,6-8,11-12H2,1-2H3. The van der Waals surface area contributed by atoms with Crippen LogP contribution in [0.5, 0.6) is 0 Å². The summed E-state index contributed by atoms with van der Waals surface area (Å²) < 4.78 is 0. The Kier molecular flexibility index (Phi) is 5.18. The fraction of sp³-hybridized carbons (Fsp3) is 0.688. The van der Waals surface area contributed by atoms with Crippen molar-refractivity contribution in [3.63, 3.8) is 0 Å². The molecule has 0 radical (unpaired) electrons. The Labute approximate surface area is 111 Å². The summed E-state index contributed by atoms with van der Waals surface area (Å²) in [7, 11) is 2.10. The molecule has 0 saturated heterocycles. The molecule has 1 saturated carbocycles. The van der Waals surface area contributed by atoms with Crippen molar-refractivity contribution in [3.8, 4) is 0 Å². The average molecular weight is 246 g/mol. The van der Waals surface area contributed by atoms with Crippen LogP contribution in [0.15, 0.2) is 24.4 Å². The zero-order valence-corrected chi connectivity index (χ0v) is 11.7. The molecule has 1 fully saturated rings. The first-order valence-corrected chi connectivity index (χ1v) is 7.40. The molecule has 1 aliphatic rings. The Morgan fingerprint density at radius 2 is 2.28 bits per heavy atom. The SMILES string of the molecule is CCC1CCCC(C(Cc2ccccn2)NC)C1. The molecule has 2 heteroatoms. The van der Waals surface area contributed by atoms with Crippen LogP contribution < -0.4 is 5.32 Å². The summed E-state index contributed by atoms with van der Waals surface area (Å²) in [5.74, 6) is 1.78. The fourth-order valence-electron chi connectivity index (χ4n) is 3.32. The van der Waals surface area contributed by atoms with Crippen molar-refractivity contribution in [2.45, 2.75) is 51.5 Å². The lowest BCUT2D eigenvalue weighted by molar-refractivity contribution is 0.212. The van der Waals surface area contributed by atoms with E-state index in [1.807, 2.05) is 12.3 Å². The zero-order chi connectivity index (χ0) is 12.8. The van der Waals surface area contributed by atoms with Gasteiger partial charge in [0.1, 0.15) is 0 Å². The molecule has 1 N–H and O–H groups in total. The first-order valence-electron chi connectivity index (χ1n) is 7.40. The van der Waals surface area contributed by atoms with E-state index in [4.69, 9.17) is 0 Å². The highest BCUT2D eigenvalue weighted by Gasteiger charge is 2.27. The number of nitrogens with one attached hydrogen (secondary N) is 1. The minimum absolute atomic E-state index is 0.592. The largest absolute Gasteiger partial charge is 0.316 e. The van der Waals surface area contributed by atoms with E-state index >= 15 is 0 Å². The zero-order valence-electron chi connectivity index (χ0n) is 11.7. The number of hydrogen-bond acceptors (Lipinski definition) is 2.